The number of carbonyl (C=O) groups excluding carboxylic acids is 2. The van der Waals surface area contributed by atoms with E-state index in [1.807, 2.05) is 121 Å². The normalized spacial score (nSPS) is 14.6. The second-order valence-electron chi connectivity index (χ2n) is 11.0. The van der Waals surface area contributed by atoms with E-state index < -0.39 is 22.8 Å². The van der Waals surface area contributed by atoms with Gasteiger partial charge >= 0.3 is 11.9 Å². The average molecular weight is 583 g/mol. The van der Waals surface area contributed by atoms with Gasteiger partial charge in [-0.25, -0.2) is 0 Å². The van der Waals surface area contributed by atoms with Crippen LogP contribution in [0.2, 0.25) is 0 Å². The van der Waals surface area contributed by atoms with Crippen LogP contribution in [0.25, 0.3) is 22.3 Å². The van der Waals surface area contributed by atoms with Crippen LogP contribution >= 0.6 is 0 Å². The highest BCUT2D eigenvalue weighted by Crippen LogP contribution is 2.55. The van der Waals surface area contributed by atoms with E-state index in [0.29, 0.717) is 11.1 Å². The van der Waals surface area contributed by atoms with E-state index in [1.54, 1.807) is 0 Å². The molecule has 44 heavy (non-hydrogen) atoms. The first-order valence-electron chi connectivity index (χ1n) is 14.7. The average Bonchev–Trinajstić information content (AvgIpc) is 3.55. The predicted octanol–water partition coefficient (Wildman–Crippen LogP) is 5.39. The van der Waals surface area contributed by atoms with Crippen LogP contribution in [0.1, 0.15) is 33.4 Å². The summed E-state index contributed by atoms with van der Waals surface area (Å²) >= 11 is 0. The second kappa shape index (κ2) is 10.9. The molecule has 7 rings (SSSR count). The third-order valence-electron chi connectivity index (χ3n) is 8.92. The van der Waals surface area contributed by atoms with Gasteiger partial charge < -0.3 is 19.7 Å². The van der Waals surface area contributed by atoms with Crippen molar-refractivity contribution in [2.75, 3.05) is 26.4 Å². The van der Waals surface area contributed by atoms with Crippen LogP contribution in [-0.4, -0.2) is 48.6 Å². The molecule has 2 aliphatic rings. The van der Waals surface area contributed by atoms with Gasteiger partial charge in [0.1, 0.15) is 24.0 Å². The molecule has 6 nitrogen and oxygen atoms in total. The minimum atomic E-state index is -1.28. The second-order valence-corrected chi connectivity index (χ2v) is 11.0. The van der Waals surface area contributed by atoms with Gasteiger partial charge in [-0.1, -0.05) is 121 Å². The third kappa shape index (κ3) is 3.75. The first kappa shape index (κ1) is 27.8. The van der Waals surface area contributed by atoms with E-state index in [0.717, 1.165) is 44.5 Å². The van der Waals surface area contributed by atoms with E-state index >= 15 is 0 Å². The van der Waals surface area contributed by atoms with Crippen molar-refractivity contribution >= 4 is 11.9 Å². The van der Waals surface area contributed by atoms with Crippen LogP contribution in [-0.2, 0) is 29.9 Å². The fourth-order valence-electron chi connectivity index (χ4n) is 7.23. The molecular weight excluding hydrogens is 552 g/mol. The molecule has 0 amide bonds. The van der Waals surface area contributed by atoms with Crippen molar-refractivity contribution in [1.82, 2.24) is 0 Å². The summed E-state index contributed by atoms with van der Waals surface area (Å²) in [5.74, 6) is -0.962. The Morgan fingerprint density at radius 2 is 0.727 bits per heavy atom. The van der Waals surface area contributed by atoms with Crippen LogP contribution < -0.4 is 0 Å². The Morgan fingerprint density at radius 3 is 1.00 bits per heavy atom. The Balaban J connectivity index is 1.46. The van der Waals surface area contributed by atoms with Gasteiger partial charge in [-0.15, -0.1) is 0 Å². The molecule has 0 saturated heterocycles. The number of aliphatic hydroxyl groups is 2. The Kier molecular flexibility index (Phi) is 6.88. The standard InChI is InChI=1S/C38H30O6/c39-21-23-43-35(41)37(31-13-5-1-9-27(31)28-10-2-6-14-32(28)37)25-17-19-26(20-18-25)38(36(42)44-24-22-40)33-15-7-3-11-29(33)30-12-4-8-16-34(30)38/h1-20,39-40H,21-24H2. The molecule has 0 saturated carbocycles. The summed E-state index contributed by atoms with van der Waals surface area (Å²) in [5, 5.41) is 19.1. The number of hydrogen-bond acceptors (Lipinski definition) is 6. The fourth-order valence-corrected chi connectivity index (χ4v) is 7.23. The molecule has 0 unspecified atom stereocenters. The topological polar surface area (TPSA) is 93.1 Å². The van der Waals surface area contributed by atoms with Crippen LogP contribution in [0.3, 0.4) is 0 Å². The summed E-state index contributed by atoms with van der Waals surface area (Å²) in [6, 6.07) is 38.8. The van der Waals surface area contributed by atoms with Gasteiger partial charge in [0, 0.05) is 0 Å². The molecule has 0 spiro atoms. The molecule has 0 atom stereocenters. The molecule has 2 aliphatic carbocycles. The molecule has 5 aromatic carbocycles. The molecule has 2 N–H and O–H groups in total. The van der Waals surface area contributed by atoms with Crippen molar-refractivity contribution in [3.63, 3.8) is 0 Å². The zero-order valence-electron chi connectivity index (χ0n) is 23.9. The lowest BCUT2D eigenvalue weighted by Crippen LogP contribution is -2.40. The minimum Gasteiger partial charge on any atom is -0.462 e. The lowest BCUT2D eigenvalue weighted by molar-refractivity contribution is -0.149. The zero-order valence-corrected chi connectivity index (χ0v) is 23.9. The van der Waals surface area contributed by atoms with Gasteiger partial charge in [0.05, 0.1) is 13.2 Å². The summed E-state index contributed by atoms with van der Waals surface area (Å²) in [7, 11) is 0. The lowest BCUT2D eigenvalue weighted by Gasteiger charge is -2.33. The van der Waals surface area contributed by atoms with E-state index in [1.165, 1.54) is 0 Å². The molecular formula is C38H30O6. The van der Waals surface area contributed by atoms with Crippen molar-refractivity contribution in [3.05, 3.63) is 155 Å². The molecule has 0 radical (unpaired) electrons. The molecule has 0 bridgehead atoms. The van der Waals surface area contributed by atoms with Crippen molar-refractivity contribution in [3.8, 4) is 22.3 Å². The molecule has 6 heteroatoms. The monoisotopic (exact) mass is 582 g/mol. The Morgan fingerprint density at radius 1 is 0.455 bits per heavy atom. The zero-order chi connectivity index (χ0) is 30.3. The summed E-state index contributed by atoms with van der Waals surface area (Å²) in [4.78, 5) is 28.4. The van der Waals surface area contributed by atoms with Gasteiger partial charge in [0.25, 0.3) is 0 Å². The third-order valence-corrected chi connectivity index (χ3v) is 8.92. The Bertz CT molecular complexity index is 1660. The van der Waals surface area contributed by atoms with E-state index in [2.05, 4.69) is 0 Å². The smallest absolute Gasteiger partial charge is 0.325 e. The van der Waals surface area contributed by atoms with Gasteiger partial charge in [0.2, 0.25) is 0 Å². The van der Waals surface area contributed by atoms with Crippen molar-refractivity contribution in [1.29, 1.82) is 0 Å². The van der Waals surface area contributed by atoms with Crippen LogP contribution in [0.5, 0.6) is 0 Å². The number of esters is 2. The van der Waals surface area contributed by atoms with E-state index in [-0.39, 0.29) is 26.4 Å². The lowest BCUT2D eigenvalue weighted by atomic mass is 9.69. The Labute approximate surface area is 255 Å². The van der Waals surface area contributed by atoms with Gasteiger partial charge in [-0.2, -0.15) is 0 Å². The largest absolute Gasteiger partial charge is 0.462 e. The number of ether oxygens (including phenoxy) is 2. The summed E-state index contributed by atoms with van der Waals surface area (Å²) < 4.78 is 11.4. The number of fused-ring (bicyclic) bond motifs is 6. The Hall–Kier alpha value is -5.04. The number of benzene rings is 5. The van der Waals surface area contributed by atoms with Crippen LogP contribution in [0.15, 0.2) is 121 Å². The summed E-state index contributed by atoms with van der Waals surface area (Å²) in [6.45, 7) is -0.838. The SMILES string of the molecule is O=C(OCCO)C1(c2ccc(C3(C(=O)OCCO)c4ccccc4-c4ccccc43)cc2)c2ccccc2-c2ccccc21. The van der Waals surface area contributed by atoms with Crippen LogP contribution in [0, 0.1) is 0 Å². The van der Waals surface area contributed by atoms with Gasteiger partial charge in [0.15, 0.2) is 0 Å². The van der Waals surface area contributed by atoms with E-state index in [9.17, 15) is 19.8 Å². The molecule has 5 aromatic rings. The minimum absolute atomic E-state index is 0.129. The maximum atomic E-state index is 14.2. The summed E-state index contributed by atoms with van der Waals surface area (Å²) in [6.07, 6.45) is 0. The maximum absolute atomic E-state index is 14.2. The maximum Gasteiger partial charge on any atom is 0.325 e. The van der Waals surface area contributed by atoms with Crippen molar-refractivity contribution < 1.29 is 29.3 Å². The first-order chi connectivity index (χ1) is 21.6. The highest BCUT2D eigenvalue weighted by molar-refractivity contribution is 6.03. The number of carbonyl (C=O) groups is 2. The van der Waals surface area contributed by atoms with Crippen LogP contribution in [0.4, 0.5) is 0 Å². The molecule has 0 aliphatic heterocycles. The summed E-state index contributed by atoms with van der Waals surface area (Å²) in [5.41, 5.74) is 5.75. The molecule has 0 aromatic heterocycles. The number of hydrogen-bond donors (Lipinski definition) is 2. The molecule has 0 heterocycles. The first-order valence-corrected chi connectivity index (χ1v) is 14.7. The predicted molar refractivity (Wildman–Crippen MR) is 166 cm³/mol. The van der Waals surface area contributed by atoms with Crippen molar-refractivity contribution in [2.24, 2.45) is 0 Å². The number of rotatable bonds is 8. The van der Waals surface area contributed by atoms with Crippen molar-refractivity contribution in [2.45, 2.75) is 10.8 Å². The molecule has 218 valence electrons. The quantitative estimate of drug-likeness (QED) is 0.239. The fraction of sp³-hybridized carbons (Fsp3) is 0.158. The van der Waals surface area contributed by atoms with Gasteiger partial charge in [-0.3, -0.25) is 9.59 Å². The molecule has 0 fully saturated rings. The highest BCUT2D eigenvalue weighted by atomic mass is 16.5. The van der Waals surface area contributed by atoms with Gasteiger partial charge in [-0.05, 0) is 55.6 Å². The number of aliphatic hydroxyl groups excluding tert-OH is 2. The van der Waals surface area contributed by atoms with E-state index in [4.69, 9.17) is 9.47 Å². The highest BCUT2D eigenvalue weighted by Gasteiger charge is 2.54.